The van der Waals surface area contributed by atoms with E-state index in [1.807, 2.05) is 18.2 Å². The van der Waals surface area contributed by atoms with Crippen molar-refractivity contribution >= 4 is 81.9 Å². The first kappa shape index (κ1) is 60.8. The largest absolute Gasteiger partial charge is 0.370 e. The fraction of sp³-hybridized carbons (Fsp3) is 0.480. The second-order valence-electron chi connectivity index (χ2n) is 18.5. The van der Waals surface area contributed by atoms with Crippen LogP contribution in [0.3, 0.4) is 0 Å². The van der Waals surface area contributed by atoms with E-state index in [4.69, 9.17) is 28.7 Å². The van der Waals surface area contributed by atoms with E-state index in [0.717, 1.165) is 10.9 Å². The molecule has 20 N–H and O–H groups in total. The highest BCUT2D eigenvalue weighted by Gasteiger charge is 2.35. The number of nitrogens with two attached hydrogens (primary N) is 5. The van der Waals surface area contributed by atoms with Gasteiger partial charge in [-0.1, -0.05) is 48.5 Å². The molecule has 27 heteroatoms. The lowest BCUT2D eigenvalue weighted by atomic mass is 10.0. The Morgan fingerprint density at radius 1 is 0.662 bits per heavy atom. The predicted molar refractivity (Wildman–Crippen MR) is 285 cm³/mol. The van der Waals surface area contributed by atoms with Gasteiger partial charge in [0, 0.05) is 76.4 Å². The van der Waals surface area contributed by atoms with E-state index in [-0.39, 0.29) is 109 Å². The number of fused-ring (bicyclic) bond motifs is 1. The number of aliphatic imine (C=N–C) groups is 2. The number of primary amides is 1. The topological polar surface area (TPSA) is 450 Å². The summed E-state index contributed by atoms with van der Waals surface area (Å²) in [6, 6.07) is 6.13. The molecule has 27 nitrogen and oxygen atoms in total. The molecular formula is C50H73N17O10. The third kappa shape index (κ3) is 21.5. The van der Waals surface area contributed by atoms with E-state index in [9.17, 15) is 47.9 Å². The van der Waals surface area contributed by atoms with E-state index >= 15 is 0 Å². The Morgan fingerprint density at radius 2 is 1.25 bits per heavy atom. The lowest BCUT2D eigenvalue weighted by Crippen LogP contribution is -2.60. The van der Waals surface area contributed by atoms with Crippen LogP contribution < -0.4 is 76.5 Å². The third-order valence-electron chi connectivity index (χ3n) is 12.2. The number of para-hydroxylation sites is 1. The number of aromatic amines is 1. The number of hydrogen-bond acceptors (Lipinski definition) is 12. The minimum absolute atomic E-state index is 0.0277. The zero-order chi connectivity index (χ0) is 56.4. The first-order valence-electron chi connectivity index (χ1n) is 25.3. The highest BCUT2D eigenvalue weighted by Crippen LogP contribution is 2.20. The summed E-state index contributed by atoms with van der Waals surface area (Å²) in [6.45, 7) is 2.40. The number of H-pyrrole nitrogens is 1. The molecular weight excluding hydrogens is 999 g/mol. The summed E-state index contributed by atoms with van der Waals surface area (Å²) >= 11 is 0. The number of carbonyl (C=O) groups is 10. The van der Waals surface area contributed by atoms with Gasteiger partial charge in [-0.15, -0.1) is 0 Å². The average Bonchev–Trinajstić information content (AvgIpc) is 3.79. The SMILES string of the molecule is CC(=O)NCC[C@@H]1NC(=O)[C@@H](NC(=O)C(CCCN=C(N)N)NC(C)=O)CCC(=O)NCCCC(C(N)=O)NC(=O)[C@H](Cc2c[nH]c3ccccc23)NC(=O)[C@H](CCCN=C(N)N)NC(=O)C(Cc2ccccc2)NC1=O. The van der Waals surface area contributed by atoms with Gasteiger partial charge in [-0.2, -0.15) is 0 Å². The van der Waals surface area contributed by atoms with Crippen molar-refractivity contribution in [2.45, 2.75) is 127 Å². The van der Waals surface area contributed by atoms with Crippen LogP contribution in [0.1, 0.15) is 82.8 Å². The van der Waals surface area contributed by atoms with E-state index in [1.165, 1.54) is 13.8 Å². The molecule has 77 heavy (non-hydrogen) atoms. The Labute approximate surface area is 445 Å². The number of aromatic nitrogens is 1. The molecule has 10 amide bonds. The lowest BCUT2D eigenvalue weighted by Gasteiger charge is -2.28. The number of carbonyl (C=O) groups excluding carboxylic acids is 10. The number of amides is 10. The summed E-state index contributed by atoms with van der Waals surface area (Å²) in [5.74, 6) is -8.08. The Kier molecular flexibility index (Phi) is 24.6. The summed E-state index contributed by atoms with van der Waals surface area (Å²) in [6.07, 6.45) is 0.863. The molecule has 2 heterocycles. The van der Waals surface area contributed by atoms with E-state index < -0.39 is 101 Å². The van der Waals surface area contributed by atoms with Gasteiger partial charge >= 0.3 is 0 Å². The van der Waals surface area contributed by atoms with Crippen molar-refractivity contribution in [3.8, 4) is 0 Å². The van der Waals surface area contributed by atoms with Gasteiger partial charge in [-0.05, 0) is 68.6 Å². The molecule has 0 bridgehead atoms. The van der Waals surface area contributed by atoms with Gasteiger partial charge in [0.1, 0.15) is 42.3 Å². The number of hydrogen-bond donors (Lipinski definition) is 15. The predicted octanol–water partition coefficient (Wildman–Crippen LogP) is -3.82. The molecule has 3 aromatic rings. The van der Waals surface area contributed by atoms with Crippen LogP contribution in [0.5, 0.6) is 0 Å². The van der Waals surface area contributed by atoms with Crippen LogP contribution in [0, 0.1) is 0 Å². The average molecular weight is 1070 g/mol. The van der Waals surface area contributed by atoms with E-state index in [2.05, 4.69) is 62.8 Å². The molecule has 418 valence electrons. The Balaban J connectivity index is 1.79. The molecule has 1 fully saturated rings. The van der Waals surface area contributed by atoms with Crippen molar-refractivity contribution in [1.82, 2.24) is 52.8 Å². The van der Waals surface area contributed by atoms with Crippen molar-refractivity contribution in [3.63, 3.8) is 0 Å². The van der Waals surface area contributed by atoms with Crippen LogP contribution >= 0.6 is 0 Å². The van der Waals surface area contributed by atoms with Gasteiger partial charge in [0.25, 0.3) is 0 Å². The summed E-state index contributed by atoms with van der Waals surface area (Å²) in [4.78, 5) is 148. The lowest BCUT2D eigenvalue weighted by molar-refractivity contribution is -0.136. The maximum atomic E-state index is 14.7. The van der Waals surface area contributed by atoms with Gasteiger partial charge in [0.15, 0.2) is 11.9 Å². The quantitative estimate of drug-likeness (QED) is 0.0311. The van der Waals surface area contributed by atoms with Gasteiger partial charge in [-0.3, -0.25) is 57.9 Å². The van der Waals surface area contributed by atoms with Crippen molar-refractivity contribution in [3.05, 3.63) is 71.9 Å². The number of nitrogens with one attached hydrogen (secondary N) is 10. The highest BCUT2D eigenvalue weighted by atomic mass is 16.2. The standard InChI is InChI=1S/C50H73N17O10/c1-28(68)56-24-20-38-46(75)66-39(25-30-11-4-3-5-12-30)47(76)63-36(17-10-23-59-50(54)55)44(73)67-40(26-31-27-60-33-14-7-6-13-32(31)33)48(77)62-34(42(51)71)15-8-21-57-41(70)19-18-37(45(74)65-38)64-43(72)35(61-29(2)69)16-9-22-58-49(52)53/h3-7,11-14,27,34-40,60H,8-10,15-26H2,1-2H3,(H2,51,71)(H,56,68)(H,57,70)(H,61,69)(H,62,77)(H,63,76)(H,64,72)(H,65,74)(H,66,75)(H,67,73)(H4,52,53,58)(H4,54,55,59)/t34?,35?,36-,37-,38-,39?,40-/m0/s1. The van der Waals surface area contributed by atoms with Crippen molar-refractivity contribution in [1.29, 1.82) is 0 Å². The van der Waals surface area contributed by atoms with E-state index in [1.54, 1.807) is 42.6 Å². The maximum Gasteiger partial charge on any atom is 0.243 e. The van der Waals surface area contributed by atoms with Gasteiger partial charge in [0.2, 0.25) is 59.1 Å². The monoisotopic (exact) mass is 1070 g/mol. The number of nitrogens with zero attached hydrogens (tertiary/aromatic N) is 2. The Hall–Kier alpha value is -8.78. The van der Waals surface area contributed by atoms with Crippen LogP contribution in [-0.4, -0.2) is 144 Å². The summed E-state index contributed by atoms with van der Waals surface area (Å²) in [5.41, 5.74) is 29.8. The van der Waals surface area contributed by atoms with Gasteiger partial charge < -0.3 is 81.5 Å². The summed E-state index contributed by atoms with van der Waals surface area (Å²) < 4.78 is 0. The van der Waals surface area contributed by atoms with Crippen LogP contribution in [0.2, 0.25) is 0 Å². The van der Waals surface area contributed by atoms with Crippen LogP contribution in [0.15, 0.2) is 70.8 Å². The van der Waals surface area contributed by atoms with Crippen molar-refractivity contribution in [2.75, 3.05) is 26.2 Å². The molecule has 0 spiro atoms. The highest BCUT2D eigenvalue weighted by molar-refractivity contribution is 5.98. The molecule has 4 rings (SSSR count). The minimum Gasteiger partial charge on any atom is -0.370 e. The molecule has 1 saturated heterocycles. The Bertz CT molecular complexity index is 2600. The first-order valence-corrected chi connectivity index (χ1v) is 25.3. The molecule has 0 radical (unpaired) electrons. The van der Waals surface area contributed by atoms with E-state index in [0.29, 0.717) is 11.1 Å². The molecule has 0 aliphatic carbocycles. The minimum atomic E-state index is -1.52. The molecule has 1 aromatic heterocycles. The zero-order valence-corrected chi connectivity index (χ0v) is 43.3. The molecule has 7 atom stereocenters. The number of rotatable bonds is 19. The molecule has 1 aliphatic heterocycles. The Morgan fingerprint density at radius 3 is 1.90 bits per heavy atom. The molecule has 2 aromatic carbocycles. The smallest absolute Gasteiger partial charge is 0.243 e. The van der Waals surface area contributed by atoms with Crippen LogP contribution in [0.25, 0.3) is 10.9 Å². The summed E-state index contributed by atoms with van der Waals surface area (Å²) in [7, 11) is 0. The number of benzene rings is 2. The fourth-order valence-electron chi connectivity index (χ4n) is 8.33. The molecule has 0 saturated carbocycles. The maximum absolute atomic E-state index is 14.7. The first-order chi connectivity index (χ1) is 36.7. The van der Waals surface area contributed by atoms with Crippen LogP contribution in [-0.2, 0) is 60.8 Å². The van der Waals surface area contributed by atoms with Gasteiger partial charge in [0.05, 0.1) is 0 Å². The van der Waals surface area contributed by atoms with Crippen molar-refractivity contribution in [2.24, 2.45) is 38.7 Å². The fourth-order valence-corrected chi connectivity index (χ4v) is 8.33. The van der Waals surface area contributed by atoms with Crippen LogP contribution in [0.4, 0.5) is 0 Å². The normalized spacial score (nSPS) is 20.8. The van der Waals surface area contributed by atoms with Gasteiger partial charge in [-0.25, -0.2) is 0 Å². The molecule has 3 unspecified atom stereocenters. The molecule has 1 aliphatic rings. The number of guanidine groups is 2. The third-order valence-corrected chi connectivity index (χ3v) is 12.2. The second-order valence-corrected chi connectivity index (χ2v) is 18.5. The second kappa shape index (κ2) is 31.2. The van der Waals surface area contributed by atoms with Crippen molar-refractivity contribution < 1.29 is 47.9 Å². The summed E-state index contributed by atoms with van der Waals surface area (Å²) in [5, 5.41) is 24.6. The zero-order valence-electron chi connectivity index (χ0n) is 43.3.